The highest BCUT2D eigenvalue weighted by molar-refractivity contribution is 9.10. The van der Waals surface area contributed by atoms with Gasteiger partial charge in [0.15, 0.2) is 5.75 Å². The van der Waals surface area contributed by atoms with Gasteiger partial charge in [0.1, 0.15) is 11.3 Å². The van der Waals surface area contributed by atoms with Crippen LogP contribution in [0.2, 0.25) is 0 Å². The lowest BCUT2D eigenvalue weighted by atomic mass is 10.2. The summed E-state index contributed by atoms with van der Waals surface area (Å²) in [4.78, 5) is 0. The molecule has 0 aliphatic carbocycles. The fourth-order valence-corrected chi connectivity index (χ4v) is 2.82. The van der Waals surface area contributed by atoms with Crippen LogP contribution in [0, 0.1) is 0 Å². The molecule has 3 rings (SSSR count). The minimum Gasteiger partial charge on any atom is -0.497 e. The third kappa shape index (κ3) is 2.61. The van der Waals surface area contributed by atoms with E-state index in [4.69, 9.17) is 9.47 Å². The Morgan fingerprint density at radius 1 is 1.05 bits per heavy atom. The van der Waals surface area contributed by atoms with Gasteiger partial charge in [-0.05, 0) is 45.8 Å². The fraction of sp³-hybridized carbons (Fsp3) is 0.188. The number of fused-ring (bicyclic) bond motifs is 1. The topological polar surface area (TPSA) is 36.3 Å². The number of ether oxygens (including phenoxy) is 2. The first-order valence-corrected chi connectivity index (χ1v) is 7.33. The Morgan fingerprint density at radius 3 is 2.48 bits per heavy atom. The van der Waals surface area contributed by atoms with Crippen molar-refractivity contribution < 1.29 is 9.47 Å². The molecule has 0 unspecified atom stereocenters. The van der Waals surface area contributed by atoms with Gasteiger partial charge in [0.05, 0.1) is 31.4 Å². The van der Waals surface area contributed by atoms with Crippen LogP contribution in [0.4, 0.5) is 0 Å². The molecule has 5 heteroatoms. The van der Waals surface area contributed by atoms with Gasteiger partial charge in [-0.3, -0.25) is 4.68 Å². The summed E-state index contributed by atoms with van der Waals surface area (Å²) in [5, 5.41) is 5.53. The molecule has 0 radical (unpaired) electrons. The third-order valence-electron chi connectivity index (χ3n) is 3.40. The van der Waals surface area contributed by atoms with Crippen LogP contribution in [0.5, 0.6) is 11.5 Å². The number of halogens is 1. The molecule has 0 saturated heterocycles. The zero-order valence-corrected chi connectivity index (χ0v) is 13.4. The highest BCUT2D eigenvalue weighted by Gasteiger charge is 2.12. The third-order valence-corrected chi connectivity index (χ3v) is 4.03. The zero-order valence-electron chi connectivity index (χ0n) is 11.8. The second kappa shape index (κ2) is 5.77. The molecule has 0 spiro atoms. The normalized spacial score (nSPS) is 10.8. The maximum absolute atomic E-state index is 5.50. The SMILES string of the molecule is COc1ccc(Cn2ncc3ccc(Br)c(OC)c32)cc1. The van der Waals surface area contributed by atoms with Gasteiger partial charge in [0, 0.05) is 5.39 Å². The second-order valence-corrected chi connectivity index (χ2v) is 5.52. The molecule has 21 heavy (non-hydrogen) atoms. The Bertz CT molecular complexity index is 766. The van der Waals surface area contributed by atoms with E-state index in [2.05, 4.69) is 21.0 Å². The molecule has 0 aliphatic rings. The minimum absolute atomic E-state index is 0.681. The first-order chi connectivity index (χ1) is 10.2. The van der Waals surface area contributed by atoms with Gasteiger partial charge in [-0.15, -0.1) is 0 Å². The summed E-state index contributed by atoms with van der Waals surface area (Å²) < 4.78 is 13.6. The van der Waals surface area contributed by atoms with Crippen molar-refractivity contribution in [3.05, 3.63) is 52.6 Å². The number of aromatic nitrogens is 2. The highest BCUT2D eigenvalue weighted by Crippen LogP contribution is 2.33. The number of nitrogens with zero attached hydrogens (tertiary/aromatic N) is 2. The summed E-state index contributed by atoms with van der Waals surface area (Å²) in [5.74, 6) is 1.66. The van der Waals surface area contributed by atoms with Crippen LogP contribution < -0.4 is 9.47 Å². The van der Waals surface area contributed by atoms with Crippen molar-refractivity contribution in [3.8, 4) is 11.5 Å². The minimum atomic E-state index is 0.681. The molecule has 0 atom stereocenters. The molecule has 0 amide bonds. The van der Waals surface area contributed by atoms with Gasteiger partial charge >= 0.3 is 0 Å². The van der Waals surface area contributed by atoms with E-state index in [-0.39, 0.29) is 0 Å². The Morgan fingerprint density at radius 2 is 1.81 bits per heavy atom. The largest absolute Gasteiger partial charge is 0.497 e. The van der Waals surface area contributed by atoms with Gasteiger partial charge in [-0.25, -0.2) is 0 Å². The second-order valence-electron chi connectivity index (χ2n) is 4.67. The maximum Gasteiger partial charge on any atom is 0.158 e. The van der Waals surface area contributed by atoms with E-state index in [1.54, 1.807) is 14.2 Å². The number of methoxy groups -OCH3 is 2. The summed E-state index contributed by atoms with van der Waals surface area (Å²) in [6.07, 6.45) is 1.85. The molecule has 1 heterocycles. The monoisotopic (exact) mass is 346 g/mol. The molecule has 4 nitrogen and oxygen atoms in total. The van der Waals surface area contributed by atoms with Gasteiger partial charge < -0.3 is 9.47 Å². The van der Waals surface area contributed by atoms with Crippen molar-refractivity contribution in [2.75, 3.05) is 14.2 Å². The number of rotatable bonds is 4. The average molecular weight is 347 g/mol. The Balaban J connectivity index is 2.02. The molecule has 108 valence electrons. The van der Waals surface area contributed by atoms with Crippen molar-refractivity contribution in [2.24, 2.45) is 0 Å². The molecular formula is C16H15BrN2O2. The van der Waals surface area contributed by atoms with Gasteiger partial charge in [0.25, 0.3) is 0 Å². The van der Waals surface area contributed by atoms with Crippen molar-refractivity contribution in [2.45, 2.75) is 6.54 Å². The smallest absolute Gasteiger partial charge is 0.158 e. The summed E-state index contributed by atoms with van der Waals surface area (Å²) in [7, 11) is 3.34. The molecule has 0 fully saturated rings. The molecular weight excluding hydrogens is 332 g/mol. The lowest BCUT2D eigenvalue weighted by molar-refractivity contribution is 0.413. The van der Waals surface area contributed by atoms with E-state index < -0.39 is 0 Å². The Labute approximate surface area is 131 Å². The molecule has 0 bridgehead atoms. The van der Waals surface area contributed by atoms with E-state index in [9.17, 15) is 0 Å². The van der Waals surface area contributed by atoms with E-state index in [1.165, 1.54) is 0 Å². The van der Waals surface area contributed by atoms with Crippen molar-refractivity contribution in [1.82, 2.24) is 9.78 Å². The summed E-state index contributed by atoms with van der Waals surface area (Å²) in [5.41, 5.74) is 2.14. The first-order valence-electron chi connectivity index (χ1n) is 6.54. The van der Waals surface area contributed by atoms with Crippen molar-refractivity contribution >= 4 is 26.8 Å². The van der Waals surface area contributed by atoms with Gasteiger partial charge in [-0.2, -0.15) is 5.10 Å². The molecule has 0 aliphatic heterocycles. The number of benzene rings is 2. The molecule has 0 saturated carbocycles. The standard InChI is InChI=1S/C16H15BrN2O2/c1-20-13-6-3-11(4-7-13)10-19-15-12(9-18-19)5-8-14(17)16(15)21-2/h3-9H,10H2,1-2H3. The summed E-state index contributed by atoms with van der Waals surface area (Å²) in [6.45, 7) is 0.681. The van der Waals surface area contributed by atoms with E-state index in [0.29, 0.717) is 6.54 Å². The van der Waals surface area contributed by atoms with Crippen LogP contribution in [-0.4, -0.2) is 24.0 Å². The first kappa shape index (κ1) is 13.9. The molecule has 2 aromatic carbocycles. The maximum atomic E-state index is 5.50. The van der Waals surface area contributed by atoms with Crippen molar-refractivity contribution in [1.29, 1.82) is 0 Å². The van der Waals surface area contributed by atoms with Crippen LogP contribution >= 0.6 is 15.9 Å². The van der Waals surface area contributed by atoms with Crippen molar-refractivity contribution in [3.63, 3.8) is 0 Å². The molecule has 0 N–H and O–H groups in total. The summed E-state index contributed by atoms with van der Waals surface area (Å²) >= 11 is 3.52. The van der Waals surface area contributed by atoms with Crippen LogP contribution in [-0.2, 0) is 6.54 Å². The van der Waals surface area contributed by atoms with Crippen LogP contribution in [0.1, 0.15) is 5.56 Å². The number of hydrogen-bond donors (Lipinski definition) is 0. The Hall–Kier alpha value is -2.01. The highest BCUT2D eigenvalue weighted by atomic mass is 79.9. The lowest BCUT2D eigenvalue weighted by Gasteiger charge is -2.09. The Kier molecular flexibility index (Phi) is 3.84. The van der Waals surface area contributed by atoms with E-state index in [0.717, 1.165) is 32.4 Å². The quantitative estimate of drug-likeness (QED) is 0.719. The molecule has 1 aromatic heterocycles. The fourth-order valence-electron chi connectivity index (χ4n) is 2.34. The van der Waals surface area contributed by atoms with E-state index in [1.807, 2.05) is 47.3 Å². The van der Waals surface area contributed by atoms with E-state index >= 15 is 0 Å². The predicted octanol–water partition coefficient (Wildman–Crippen LogP) is 3.86. The predicted molar refractivity (Wildman–Crippen MR) is 86.1 cm³/mol. The summed E-state index contributed by atoms with van der Waals surface area (Å²) in [6, 6.07) is 12.0. The van der Waals surface area contributed by atoms with Crippen LogP contribution in [0.25, 0.3) is 10.9 Å². The zero-order chi connectivity index (χ0) is 14.8. The lowest BCUT2D eigenvalue weighted by Crippen LogP contribution is -2.02. The van der Waals surface area contributed by atoms with Gasteiger partial charge in [0.2, 0.25) is 0 Å². The van der Waals surface area contributed by atoms with Crippen LogP contribution in [0.15, 0.2) is 47.1 Å². The number of hydrogen-bond acceptors (Lipinski definition) is 3. The average Bonchev–Trinajstić information content (AvgIpc) is 2.91. The molecule has 3 aromatic rings. The van der Waals surface area contributed by atoms with Crippen LogP contribution in [0.3, 0.4) is 0 Å². The van der Waals surface area contributed by atoms with Gasteiger partial charge in [-0.1, -0.05) is 12.1 Å².